The third-order valence-corrected chi connectivity index (χ3v) is 2.66. The van der Waals surface area contributed by atoms with Gasteiger partial charge in [0.25, 0.3) is 5.69 Å². The lowest BCUT2D eigenvalue weighted by molar-refractivity contribution is -0.385. The molecule has 0 aliphatic heterocycles. The maximum Gasteiger partial charge on any atom is 0.336 e. The van der Waals surface area contributed by atoms with Crippen LogP contribution in [0.5, 0.6) is 11.6 Å². The number of carbonyl (C=O) groups is 1. The van der Waals surface area contributed by atoms with E-state index in [1.807, 2.05) is 0 Å². The Balaban J connectivity index is 2.28. The van der Waals surface area contributed by atoms with Crippen molar-refractivity contribution in [1.82, 2.24) is 4.98 Å². The Morgan fingerprint density at radius 1 is 1.35 bits per heavy atom. The number of hydrogen-bond acceptors (Lipinski definition) is 5. The molecule has 102 valence electrons. The standard InChI is InChI=1S/C13H10N2O5/c1-8-10(13(16)17)3-2-4-11(8)20-12-6-5-9(7-14-12)15(18)19/h2-7H,1H3,(H,16,17). The van der Waals surface area contributed by atoms with Crippen LogP contribution in [0.3, 0.4) is 0 Å². The van der Waals surface area contributed by atoms with E-state index in [1.165, 1.54) is 18.2 Å². The zero-order chi connectivity index (χ0) is 14.7. The average molecular weight is 274 g/mol. The predicted octanol–water partition coefficient (Wildman–Crippen LogP) is 2.79. The number of nitro groups is 1. The van der Waals surface area contributed by atoms with Crippen molar-refractivity contribution in [3.8, 4) is 11.6 Å². The van der Waals surface area contributed by atoms with E-state index in [2.05, 4.69) is 4.98 Å². The minimum absolute atomic E-state index is 0.129. The number of carboxylic acids is 1. The van der Waals surface area contributed by atoms with Crippen LogP contribution in [0.15, 0.2) is 36.5 Å². The number of rotatable bonds is 4. The van der Waals surface area contributed by atoms with Gasteiger partial charge in [0.05, 0.1) is 10.5 Å². The molecule has 7 nitrogen and oxygen atoms in total. The van der Waals surface area contributed by atoms with Gasteiger partial charge in [0.1, 0.15) is 11.9 Å². The monoisotopic (exact) mass is 274 g/mol. The molecule has 1 aromatic heterocycles. The van der Waals surface area contributed by atoms with Crippen molar-refractivity contribution in [2.45, 2.75) is 6.92 Å². The van der Waals surface area contributed by atoms with Gasteiger partial charge in [-0.05, 0) is 19.1 Å². The Labute approximate surface area is 113 Å². The van der Waals surface area contributed by atoms with Crippen LogP contribution >= 0.6 is 0 Å². The molecule has 2 aromatic rings. The SMILES string of the molecule is Cc1c(Oc2ccc([N+](=O)[O-])cn2)cccc1C(=O)O. The first-order valence-corrected chi connectivity index (χ1v) is 5.60. The second kappa shape index (κ2) is 5.35. The summed E-state index contributed by atoms with van der Waals surface area (Å²) >= 11 is 0. The molecule has 0 saturated heterocycles. The lowest BCUT2D eigenvalue weighted by atomic mass is 10.1. The number of benzene rings is 1. The molecular formula is C13H10N2O5. The number of nitrogens with zero attached hydrogens (tertiary/aromatic N) is 2. The summed E-state index contributed by atoms with van der Waals surface area (Å²) in [5, 5.41) is 19.5. The van der Waals surface area contributed by atoms with Gasteiger partial charge in [0.2, 0.25) is 5.88 Å². The molecule has 7 heteroatoms. The minimum Gasteiger partial charge on any atom is -0.478 e. The molecule has 0 fully saturated rings. The molecule has 0 amide bonds. The first-order chi connectivity index (χ1) is 9.49. The van der Waals surface area contributed by atoms with Crippen molar-refractivity contribution < 1.29 is 19.6 Å². The van der Waals surface area contributed by atoms with Crippen LogP contribution < -0.4 is 4.74 Å². The van der Waals surface area contributed by atoms with E-state index < -0.39 is 10.9 Å². The fourth-order valence-electron chi connectivity index (χ4n) is 1.61. The van der Waals surface area contributed by atoms with Crippen LogP contribution in [-0.4, -0.2) is 21.0 Å². The normalized spacial score (nSPS) is 10.1. The molecule has 0 radical (unpaired) electrons. The third-order valence-electron chi connectivity index (χ3n) is 2.66. The van der Waals surface area contributed by atoms with Crippen LogP contribution in [0.25, 0.3) is 0 Å². The van der Waals surface area contributed by atoms with Crippen LogP contribution in [0.4, 0.5) is 5.69 Å². The molecule has 1 heterocycles. The van der Waals surface area contributed by atoms with Crippen molar-refractivity contribution in [2.75, 3.05) is 0 Å². The van der Waals surface area contributed by atoms with Crippen molar-refractivity contribution in [3.05, 3.63) is 57.8 Å². The predicted molar refractivity (Wildman–Crippen MR) is 69.1 cm³/mol. The second-order valence-corrected chi connectivity index (χ2v) is 3.95. The highest BCUT2D eigenvalue weighted by Crippen LogP contribution is 2.26. The van der Waals surface area contributed by atoms with Gasteiger partial charge < -0.3 is 9.84 Å². The highest BCUT2D eigenvalue weighted by molar-refractivity contribution is 5.90. The first-order valence-electron chi connectivity index (χ1n) is 5.60. The van der Waals surface area contributed by atoms with E-state index in [1.54, 1.807) is 19.1 Å². The van der Waals surface area contributed by atoms with Gasteiger partial charge in [-0.25, -0.2) is 9.78 Å². The van der Waals surface area contributed by atoms with Gasteiger partial charge in [0.15, 0.2) is 0 Å². The molecule has 1 N–H and O–H groups in total. The summed E-state index contributed by atoms with van der Waals surface area (Å²) in [7, 11) is 0. The molecule has 1 aromatic carbocycles. The third kappa shape index (κ3) is 2.72. The van der Waals surface area contributed by atoms with Gasteiger partial charge >= 0.3 is 5.97 Å². The molecule has 0 unspecified atom stereocenters. The topological polar surface area (TPSA) is 103 Å². The molecule has 0 saturated carbocycles. The number of carboxylic acid groups (broad SMARTS) is 1. The number of ether oxygens (including phenoxy) is 1. The molecule has 0 aliphatic carbocycles. The molecular weight excluding hydrogens is 264 g/mol. The summed E-state index contributed by atoms with van der Waals surface area (Å²) in [6.07, 6.45) is 1.08. The Morgan fingerprint density at radius 3 is 2.65 bits per heavy atom. The molecule has 0 bridgehead atoms. The molecule has 0 spiro atoms. The fourth-order valence-corrected chi connectivity index (χ4v) is 1.61. The molecule has 2 rings (SSSR count). The summed E-state index contributed by atoms with van der Waals surface area (Å²) in [5.41, 5.74) is 0.443. The smallest absolute Gasteiger partial charge is 0.336 e. The highest BCUT2D eigenvalue weighted by atomic mass is 16.6. The quantitative estimate of drug-likeness (QED) is 0.679. The van der Waals surface area contributed by atoms with Gasteiger partial charge in [-0.2, -0.15) is 0 Å². The van der Waals surface area contributed by atoms with Crippen molar-refractivity contribution in [3.63, 3.8) is 0 Å². The largest absolute Gasteiger partial charge is 0.478 e. The maximum atomic E-state index is 11.0. The van der Waals surface area contributed by atoms with Crippen LogP contribution in [0.1, 0.15) is 15.9 Å². The number of hydrogen-bond donors (Lipinski definition) is 1. The summed E-state index contributed by atoms with van der Waals surface area (Å²) in [4.78, 5) is 24.7. The second-order valence-electron chi connectivity index (χ2n) is 3.95. The van der Waals surface area contributed by atoms with Crippen molar-refractivity contribution in [1.29, 1.82) is 0 Å². The van der Waals surface area contributed by atoms with Crippen molar-refractivity contribution >= 4 is 11.7 Å². The summed E-state index contributed by atoms with van der Waals surface area (Å²) in [5.74, 6) is -0.558. The summed E-state index contributed by atoms with van der Waals surface area (Å²) in [6.45, 7) is 1.62. The van der Waals surface area contributed by atoms with E-state index >= 15 is 0 Å². The van der Waals surface area contributed by atoms with Gasteiger partial charge in [-0.15, -0.1) is 0 Å². The van der Waals surface area contributed by atoms with Crippen LogP contribution in [0.2, 0.25) is 0 Å². The van der Waals surface area contributed by atoms with E-state index in [-0.39, 0.29) is 17.1 Å². The average Bonchev–Trinajstić information content (AvgIpc) is 2.41. The molecule has 0 atom stereocenters. The van der Waals surface area contributed by atoms with Crippen molar-refractivity contribution in [2.24, 2.45) is 0 Å². The Bertz CT molecular complexity index is 667. The fraction of sp³-hybridized carbons (Fsp3) is 0.0769. The number of pyridine rings is 1. The minimum atomic E-state index is -1.05. The van der Waals surface area contributed by atoms with Gasteiger partial charge in [-0.3, -0.25) is 10.1 Å². The highest BCUT2D eigenvalue weighted by Gasteiger charge is 2.12. The van der Waals surface area contributed by atoms with Gasteiger partial charge in [-0.1, -0.05) is 6.07 Å². The first kappa shape index (κ1) is 13.5. The maximum absolute atomic E-state index is 11.0. The number of aromatic carboxylic acids is 1. The number of aromatic nitrogens is 1. The van der Waals surface area contributed by atoms with Gasteiger partial charge in [0, 0.05) is 17.7 Å². The van der Waals surface area contributed by atoms with E-state index in [9.17, 15) is 14.9 Å². The Hall–Kier alpha value is -2.96. The lowest BCUT2D eigenvalue weighted by Crippen LogP contribution is -2.01. The van der Waals surface area contributed by atoms with E-state index in [4.69, 9.17) is 9.84 Å². The molecule has 0 aliphatic rings. The van der Waals surface area contributed by atoms with Crippen LogP contribution in [0, 0.1) is 17.0 Å². The molecule has 20 heavy (non-hydrogen) atoms. The van der Waals surface area contributed by atoms with E-state index in [0.717, 1.165) is 6.20 Å². The summed E-state index contributed by atoms with van der Waals surface area (Å²) < 4.78 is 5.44. The Kier molecular flexibility index (Phi) is 3.60. The zero-order valence-corrected chi connectivity index (χ0v) is 10.4. The Morgan fingerprint density at radius 2 is 2.10 bits per heavy atom. The zero-order valence-electron chi connectivity index (χ0n) is 10.4. The lowest BCUT2D eigenvalue weighted by Gasteiger charge is -2.09. The van der Waals surface area contributed by atoms with E-state index in [0.29, 0.717) is 11.3 Å². The van der Waals surface area contributed by atoms with Crippen LogP contribution in [-0.2, 0) is 0 Å². The summed E-state index contributed by atoms with van der Waals surface area (Å²) in [6, 6.07) is 7.24.